The highest BCUT2D eigenvalue weighted by molar-refractivity contribution is 5.80. The molecule has 4 aromatic heterocycles. The van der Waals surface area contributed by atoms with Gasteiger partial charge in [0.1, 0.15) is 5.76 Å². The smallest absolute Gasteiger partial charge is 0.256 e. The van der Waals surface area contributed by atoms with Gasteiger partial charge in [-0.1, -0.05) is 5.16 Å². The largest absolute Gasteiger partial charge is 0.495 e. The van der Waals surface area contributed by atoms with Gasteiger partial charge in [0, 0.05) is 36.0 Å². The van der Waals surface area contributed by atoms with E-state index in [4.69, 9.17) is 9.26 Å². The zero-order chi connectivity index (χ0) is 22.4. The second kappa shape index (κ2) is 7.56. The molecule has 0 fully saturated rings. The minimum atomic E-state index is -0.552. The molecule has 5 heterocycles. The van der Waals surface area contributed by atoms with Crippen LogP contribution in [-0.4, -0.2) is 37.6 Å². The number of pyridine rings is 2. The van der Waals surface area contributed by atoms with Crippen molar-refractivity contribution in [1.82, 2.24) is 24.3 Å². The maximum Gasteiger partial charge on any atom is 0.256 e. The maximum absolute atomic E-state index is 14.7. The summed E-state index contributed by atoms with van der Waals surface area (Å²) in [5.74, 6) is 0.873. The second-order valence-electron chi connectivity index (χ2n) is 7.50. The average molecular weight is 434 g/mol. The van der Waals surface area contributed by atoms with Gasteiger partial charge in [0.15, 0.2) is 23.0 Å². The van der Waals surface area contributed by atoms with E-state index in [1.807, 2.05) is 6.92 Å². The molecular formula is C22H19FN6O3. The Hall–Kier alpha value is -4.08. The van der Waals surface area contributed by atoms with Crippen molar-refractivity contribution in [2.45, 2.75) is 26.3 Å². The second-order valence-corrected chi connectivity index (χ2v) is 7.50. The minimum absolute atomic E-state index is 0.0620. The number of nitrogens with zero attached hydrogens (tertiary/aromatic N) is 6. The van der Waals surface area contributed by atoms with Crippen molar-refractivity contribution in [3.8, 4) is 11.3 Å². The van der Waals surface area contributed by atoms with E-state index < -0.39 is 11.9 Å². The Morgan fingerprint density at radius 3 is 2.88 bits per heavy atom. The van der Waals surface area contributed by atoms with Gasteiger partial charge in [-0.25, -0.2) is 4.39 Å². The fourth-order valence-corrected chi connectivity index (χ4v) is 3.74. The highest BCUT2D eigenvalue weighted by Gasteiger charge is 2.22. The van der Waals surface area contributed by atoms with Crippen molar-refractivity contribution < 1.29 is 13.7 Å². The Morgan fingerprint density at radius 1 is 1.28 bits per heavy atom. The van der Waals surface area contributed by atoms with Gasteiger partial charge in [0.2, 0.25) is 0 Å². The molecule has 0 amide bonds. The number of aromatic nitrogens is 5. The van der Waals surface area contributed by atoms with Crippen molar-refractivity contribution in [2.24, 2.45) is 4.99 Å². The Kier molecular flexibility index (Phi) is 4.69. The van der Waals surface area contributed by atoms with Crippen LogP contribution in [0, 0.1) is 12.7 Å². The number of hydrogen-bond donors (Lipinski definition) is 0. The van der Waals surface area contributed by atoms with Crippen LogP contribution in [0.25, 0.3) is 17.0 Å². The van der Waals surface area contributed by atoms with Crippen LogP contribution in [0.4, 0.5) is 10.1 Å². The SMILES string of the molecule is COC1=CCc2c(ccn([C@@H](C)c3nnc4c(F)cc(-c5cc(C)no5)cn34)c2=O)N=C1. The van der Waals surface area contributed by atoms with Crippen molar-refractivity contribution in [1.29, 1.82) is 0 Å². The summed E-state index contributed by atoms with van der Waals surface area (Å²) < 4.78 is 28.3. The molecule has 0 aliphatic carbocycles. The first kappa shape index (κ1) is 19.9. The summed E-state index contributed by atoms with van der Waals surface area (Å²) >= 11 is 0. The molecule has 1 aliphatic rings. The Labute approximate surface area is 181 Å². The molecule has 0 unspecified atom stereocenters. The molecule has 0 bridgehead atoms. The zero-order valence-electron chi connectivity index (χ0n) is 17.6. The summed E-state index contributed by atoms with van der Waals surface area (Å²) in [6.45, 7) is 3.59. The van der Waals surface area contributed by atoms with Gasteiger partial charge < -0.3 is 13.8 Å². The predicted molar refractivity (Wildman–Crippen MR) is 115 cm³/mol. The Balaban J connectivity index is 1.60. The summed E-state index contributed by atoms with van der Waals surface area (Å²) in [5.41, 5.74) is 2.15. The lowest BCUT2D eigenvalue weighted by Gasteiger charge is -2.16. The molecule has 0 N–H and O–H groups in total. The quantitative estimate of drug-likeness (QED) is 0.488. The lowest BCUT2D eigenvalue weighted by atomic mass is 10.1. The van der Waals surface area contributed by atoms with Crippen molar-refractivity contribution in [3.63, 3.8) is 0 Å². The molecular weight excluding hydrogens is 415 g/mol. The fourth-order valence-electron chi connectivity index (χ4n) is 3.74. The molecule has 0 saturated carbocycles. The number of aliphatic imine (C=N–C) groups is 1. The molecule has 32 heavy (non-hydrogen) atoms. The van der Waals surface area contributed by atoms with Crippen LogP contribution in [0.15, 0.2) is 56.7 Å². The monoisotopic (exact) mass is 434 g/mol. The van der Waals surface area contributed by atoms with Crippen LogP contribution in [0.2, 0.25) is 0 Å². The van der Waals surface area contributed by atoms with E-state index in [1.54, 1.807) is 55.4 Å². The zero-order valence-corrected chi connectivity index (χ0v) is 17.6. The summed E-state index contributed by atoms with van der Waals surface area (Å²) in [7, 11) is 1.55. The molecule has 9 nitrogen and oxygen atoms in total. The highest BCUT2D eigenvalue weighted by atomic mass is 19.1. The first-order chi connectivity index (χ1) is 15.5. The molecule has 0 aromatic carbocycles. The van der Waals surface area contributed by atoms with Crippen LogP contribution in [0.5, 0.6) is 0 Å². The van der Waals surface area contributed by atoms with Crippen LogP contribution in [-0.2, 0) is 11.2 Å². The van der Waals surface area contributed by atoms with Crippen LogP contribution in [0.3, 0.4) is 0 Å². The first-order valence-electron chi connectivity index (χ1n) is 9.96. The van der Waals surface area contributed by atoms with Gasteiger partial charge in [-0.2, -0.15) is 0 Å². The van der Waals surface area contributed by atoms with E-state index in [9.17, 15) is 9.18 Å². The van der Waals surface area contributed by atoms with E-state index >= 15 is 0 Å². The number of halogens is 1. The van der Waals surface area contributed by atoms with Gasteiger partial charge in [0.25, 0.3) is 5.56 Å². The third-order valence-corrected chi connectivity index (χ3v) is 5.46. The Bertz CT molecular complexity index is 1460. The standard InChI is InChI=1S/C22H19FN6O3/c1-12-8-19(32-27-12)14-9-17(23)21-26-25-20(29(21)11-14)13(2)28-7-6-18-16(22(28)30)5-4-15(31-3)10-24-18/h4,6-11,13H,5H2,1-3H3/t13-/m0/s1. The van der Waals surface area contributed by atoms with E-state index in [0.717, 1.165) is 0 Å². The summed E-state index contributed by atoms with van der Waals surface area (Å²) in [4.78, 5) is 17.6. The fraction of sp³-hybridized carbons (Fsp3) is 0.227. The van der Waals surface area contributed by atoms with Crippen molar-refractivity contribution >= 4 is 17.5 Å². The molecule has 4 aromatic rings. The first-order valence-corrected chi connectivity index (χ1v) is 9.96. The topological polar surface area (TPSA) is 99.8 Å². The number of hydrogen-bond acceptors (Lipinski definition) is 7. The number of fused-ring (bicyclic) bond motifs is 2. The van der Waals surface area contributed by atoms with Crippen LogP contribution >= 0.6 is 0 Å². The van der Waals surface area contributed by atoms with E-state index in [1.165, 1.54) is 10.5 Å². The molecule has 0 spiro atoms. The number of aryl methyl sites for hydroxylation is 1. The Morgan fingerprint density at radius 2 is 2.12 bits per heavy atom. The van der Waals surface area contributed by atoms with E-state index in [-0.39, 0.29) is 11.2 Å². The molecule has 1 aliphatic heterocycles. The average Bonchev–Trinajstić information content (AvgIpc) is 3.35. The van der Waals surface area contributed by atoms with Gasteiger partial charge in [-0.05, 0) is 32.1 Å². The molecule has 1 atom stereocenters. The molecule has 10 heteroatoms. The third-order valence-electron chi connectivity index (χ3n) is 5.46. The number of ether oxygens (including phenoxy) is 1. The summed E-state index contributed by atoms with van der Waals surface area (Å²) in [5, 5.41) is 12.0. The normalized spacial score (nSPS) is 14.2. The minimum Gasteiger partial charge on any atom is -0.495 e. The summed E-state index contributed by atoms with van der Waals surface area (Å²) in [6.07, 6.45) is 7.10. The molecule has 162 valence electrons. The van der Waals surface area contributed by atoms with Crippen molar-refractivity contribution in [2.75, 3.05) is 7.11 Å². The maximum atomic E-state index is 14.7. The van der Waals surface area contributed by atoms with Gasteiger partial charge >= 0.3 is 0 Å². The van der Waals surface area contributed by atoms with Gasteiger partial charge in [-0.15, -0.1) is 10.2 Å². The number of methoxy groups -OCH3 is 1. The van der Waals surface area contributed by atoms with Crippen LogP contribution < -0.4 is 5.56 Å². The predicted octanol–water partition coefficient (Wildman–Crippen LogP) is 3.39. The van der Waals surface area contributed by atoms with Gasteiger partial charge in [0.05, 0.1) is 30.7 Å². The van der Waals surface area contributed by atoms with E-state index in [2.05, 4.69) is 20.3 Å². The summed E-state index contributed by atoms with van der Waals surface area (Å²) in [6, 6.07) is 4.29. The van der Waals surface area contributed by atoms with Crippen molar-refractivity contribution in [3.05, 3.63) is 75.7 Å². The number of allylic oxidation sites excluding steroid dienone is 2. The van der Waals surface area contributed by atoms with Crippen LogP contribution in [0.1, 0.15) is 30.0 Å². The molecule has 0 saturated heterocycles. The van der Waals surface area contributed by atoms with Gasteiger partial charge in [-0.3, -0.25) is 14.2 Å². The lowest BCUT2D eigenvalue weighted by molar-refractivity contribution is 0.316. The number of rotatable bonds is 4. The molecule has 0 radical (unpaired) electrons. The van der Waals surface area contributed by atoms with E-state index in [0.29, 0.717) is 46.3 Å². The molecule has 5 rings (SSSR count). The lowest BCUT2D eigenvalue weighted by Crippen LogP contribution is -2.27. The third kappa shape index (κ3) is 3.20. The highest BCUT2D eigenvalue weighted by Crippen LogP contribution is 2.26.